The van der Waals surface area contributed by atoms with E-state index < -0.39 is 5.60 Å². The standard InChI is InChI=1S/C13H22N2OS/c1-13(2,16)11-9-14-12(17-11)10-15-7-5-3-4-6-8-15/h9,16H,3-8,10H2,1-2H3. The van der Waals surface area contributed by atoms with Gasteiger partial charge in [-0.3, -0.25) is 4.90 Å². The van der Waals surface area contributed by atoms with Crippen LogP contribution in [-0.4, -0.2) is 28.1 Å². The molecule has 2 rings (SSSR count). The zero-order valence-electron chi connectivity index (χ0n) is 10.8. The molecule has 1 N–H and O–H groups in total. The molecule has 17 heavy (non-hydrogen) atoms. The Morgan fingerprint density at radius 3 is 2.47 bits per heavy atom. The fourth-order valence-corrected chi connectivity index (χ4v) is 3.11. The Hall–Kier alpha value is -0.450. The fraction of sp³-hybridized carbons (Fsp3) is 0.769. The maximum absolute atomic E-state index is 9.91. The summed E-state index contributed by atoms with van der Waals surface area (Å²) in [7, 11) is 0. The van der Waals surface area contributed by atoms with Crippen molar-refractivity contribution in [3.8, 4) is 0 Å². The van der Waals surface area contributed by atoms with Gasteiger partial charge in [-0.25, -0.2) is 4.98 Å². The molecule has 1 aliphatic rings. The summed E-state index contributed by atoms with van der Waals surface area (Å²) < 4.78 is 0. The Labute approximate surface area is 107 Å². The van der Waals surface area contributed by atoms with Crippen molar-refractivity contribution in [2.75, 3.05) is 13.1 Å². The average Bonchev–Trinajstić information content (AvgIpc) is 2.56. The second-order valence-corrected chi connectivity index (χ2v) is 6.48. The van der Waals surface area contributed by atoms with Gasteiger partial charge in [-0.05, 0) is 39.8 Å². The number of rotatable bonds is 3. The SMILES string of the molecule is CC(C)(O)c1cnc(CN2CCCCCC2)s1. The molecule has 1 saturated heterocycles. The van der Waals surface area contributed by atoms with Crippen molar-refractivity contribution >= 4 is 11.3 Å². The van der Waals surface area contributed by atoms with E-state index in [4.69, 9.17) is 0 Å². The van der Waals surface area contributed by atoms with E-state index >= 15 is 0 Å². The Balaban J connectivity index is 1.96. The van der Waals surface area contributed by atoms with Crippen LogP contribution in [-0.2, 0) is 12.1 Å². The molecule has 0 aromatic carbocycles. The van der Waals surface area contributed by atoms with E-state index in [2.05, 4.69) is 9.88 Å². The van der Waals surface area contributed by atoms with Crippen molar-refractivity contribution in [2.24, 2.45) is 0 Å². The third-order valence-corrected chi connectivity index (χ3v) is 4.51. The van der Waals surface area contributed by atoms with Crippen molar-refractivity contribution < 1.29 is 5.11 Å². The van der Waals surface area contributed by atoms with Crippen molar-refractivity contribution in [3.63, 3.8) is 0 Å². The van der Waals surface area contributed by atoms with Crippen LogP contribution < -0.4 is 0 Å². The molecule has 1 aromatic rings. The molecular weight excluding hydrogens is 232 g/mol. The summed E-state index contributed by atoms with van der Waals surface area (Å²) in [5, 5.41) is 11.0. The van der Waals surface area contributed by atoms with Crippen LogP contribution in [0.5, 0.6) is 0 Å². The summed E-state index contributed by atoms with van der Waals surface area (Å²) in [6, 6.07) is 0. The third-order valence-electron chi connectivity index (χ3n) is 3.21. The van der Waals surface area contributed by atoms with Crippen LogP contribution in [0.2, 0.25) is 0 Å². The molecule has 0 saturated carbocycles. The highest BCUT2D eigenvalue weighted by Gasteiger charge is 2.20. The minimum atomic E-state index is -0.755. The first kappa shape index (κ1) is 13.0. The molecule has 96 valence electrons. The van der Waals surface area contributed by atoms with Crippen molar-refractivity contribution in [3.05, 3.63) is 16.1 Å². The van der Waals surface area contributed by atoms with Crippen molar-refractivity contribution in [1.29, 1.82) is 0 Å². The lowest BCUT2D eigenvalue weighted by atomic mass is 10.1. The number of nitrogens with zero attached hydrogens (tertiary/aromatic N) is 2. The number of aliphatic hydroxyl groups is 1. The van der Waals surface area contributed by atoms with Crippen LogP contribution in [0, 0.1) is 0 Å². The molecule has 0 amide bonds. The van der Waals surface area contributed by atoms with Gasteiger partial charge in [-0.1, -0.05) is 12.8 Å². The molecule has 2 heterocycles. The Morgan fingerprint density at radius 2 is 1.94 bits per heavy atom. The molecule has 0 atom stereocenters. The maximum Gasteiger partial charge on any atom is 0.107 e. The maximum atomic E-state index is 9.91. The van der Waals surface area contributed by atoms with Gasteiger partial charge >= 0.3 is 0 Å². The van der Waals surface area contributed by atoms with Gasteiger partial charge in [0.1, 0.15) is 5.01 Å². The molecule has 0 aliphatic carbocycles. The van der Waals surface area contributed by atoms with E-state index in [0.29, 0.717) is 0 Å². The van der Waals surface area contributed by atoms with Crippen LogP contribution in [0.3, 0.4) is 0 Å². The van der Waals surface area contributed by atoms with Crippen molar-refractivity contribution in [1.82, 2.24) is 9.88 Å². The summed E-state index contributed by atoms with van der Waals surface area (Å²) in [4.78, 5) is 7.87. The predicted octanol–water partition coefficient (Wildman–Crippen LogP) is 2.75. The number of aromatic nitrogens is 1. The van der Waals surface area contributed by atoms with Gasteiger partial charge in [0.2, 0.25) is 0 Å². The van der Waals surface area contributed by atoms with Crippen LogP contribution in [0.4, 0.5) is 0 Å². The molecule has 1 aliphatic heterocycles. The van der Waals surface area contributed by atoms with Gasteiger partial charge in [0.05, 0.1) is 17.0 Å². The van der Waals surface area contributed by atoms with Crippen LogP contribution in [0.25, 0.3) is 0 Å². The van der Waals surface area contributed by atoms with Crippen LogP contribution in [0.15, 0.2) is 6.20 Å². The topological polar surface area (TPSA) is 36.4 Å². The minimum Gasteiger partial charge on any atom is -0.385 e. The lowest BCUT2D eigenvalue weighted by Gasteiger charge is -2.18. The molecule has 1 aromatic heterocycles. The Bertz CT molecular complexity index is 349. The van der Waals surface area contributed by atoms with Gasteiger partial charge < -0.3 is 5.11 Å². The number of hydrogen-bond donors (Lipinski definition) is 1. The highest BCUT2D eigenvalue weighted by atomic mass is 32.1. The summed E-state index contributed by atoms with van der Waals surface area (Å²) in [6.45, 7) is 6.96. The summed E-state index contributed by atoms with van der Waals surface area (Å²) >= 11 is 1.64. The molecule has 0 bridgehead atoms. The summed E-state index contributed by atoms with van der Waals surface area (Å²) in [6.07, 6.45) is 7.16. The van der Waals surface area contributed by atoms with E-state index in [0.717, 1.165) is 16.4 Å². The smallest absolute Gasteiger partial charge is 0.107 e. The second kappa shape index (κ2) is 5.46. The van der Waals surface area contributed by atoms with Gasteiger partial charge in [0, 0.05) is 6.20 Å². The first-order chi connectivity index (χ1) is 8.05. The highest BCUT2D eigenvalue weighted by Crippen LogP contribution is 2.26. The van der Waals surface area contributed by atoms with Gasteiger partial charge in [0.15, 0.2) is 0 Å². The van der Waals surface area contributed by atoms with E-state index in [-0.39, 0.29) is 0 Å². The summed E-state index contributed by atoms with van der Waals surface area (Å²) in [5.41, 5.74) is -0.755. The predicted molar refractivity (Wildman–Crippen MR) is 71.1 cm³/mol. The Kier molecular flexibility index (Phi) is 4.17. The van der Waals surface area contributed by atoms with E-state index in [9.17, 15) is 5.11 Å². The van der Waals surface area contributed by atoms with E-state index in [1.807, 2.05) is 20.0 Å². The van der Waals surface area contributed by atoms with E-state index in [1.54, 1.807) is 11.3 Å². The monoisotopic (exact) mass is 254 g/mol. The van der Waals surface area contributed by atoms with Gasteiger partial charge in [-0.2, -0.15) is 0 Å². The number of likely N-dealkylation sites (tertiary alicyclic amines) is 1. The lowest BCUT2D eigenvalue weighted by molar-refractivity contribution is 0.0823. The molecule has 1 fully saturated rings. The minimum absolute atomic E-state index is 0.755. The highest BCUT2D eigenvalue weighted by molar-refractivity contribution is 7.11. The third kappa shape index (κ3) is 3.76. The molecule has 0 spiro atoms. The fourth-order valence-electron chi connectivity index (χ4n) is 2.15. The van der Waals surface area contributed by atoms with Crippen LogP contribution >= 0.6 is 11.3 Å². The lowest BCUT2D eigenvalue weighted by Crippen LogP contribution is -2.23. The normalized spacial score (nSPS) is 19.2. The average molecular weight is 254 g/mol. The zero-order valence-corrected chi connectivity index (χ0v) is 11.6. The first-order valence-corrected chi connectivity index (χ1v) is 7.27. The number of thiazole rings is 1. The second-order valence-electron chi connectivity index (χ2n) is 5.37. The molecular formula is C13H22N2OS. The van der Waals surface area contributed by atoms with E-state index in [1.165, 1.54) is 38.8 Å². The van der Waals surface area contributed by atoms with Gasteiger partial charge in [0.25, 0.3) is 0 Å². The van der Waals surface area contributed by atoms with Crippen LogP contribution in [0.1, 0.15) is 49.4 Å². The number of hydrogen-bond acceptors (Lipinski definition) is 4. The largest absolute Gasteiger partial charge is 0.385 e. The molecule has 0 unspecified atom stereocenters. The zero-order chi connectivity index (χ0) is 12.3. The quantitative estimate of drug-likeness (QED) is 0.901. The summed E-state index contributed by atoms with van der Waals surface area (Å²) in [5.74, 6) is 0. The van der Waals surface area contributed by atoms with Crippen molar-refractivity contribution in [2.45, 2.75) is 51.7 Å². The Morgan fingerprint density at radius 1 is 1.29 bits per heavy atom. The molecule has 3 nitrogen and oxygen atoms in total. The van der Waals surface area contributed by atoms with Gasteiger partial charge in [-0.15, -0.1) is 11.3 Å². The molecule has 4 heteroatoms. The molecule has 0 radical (unpaired) electrons. The first-order valence-electron chi connectivity index (χ1n) is 6.45.